The first kappa shape index (κ1) is 11.6. The van der Waals surface area contributed by atoms with Crippen molar-refractivity contribution in [2.75, 3.05) is 29.5 Å². The van der Waals surface area contributed by atoms with E-state index in [1.54, 1.807) is 0 Å². The molecule has 1 aliphatic rings. The van der Waals surface area contributed by atoms with Crippen molar-refractivity contribution in [3.63, 3.8) is 0 Å². The van der Waals surface area contributed by atoms with Crippen LogP contribution in [0.2, 0.25) is 0 Å². The van der Waals surface area contributed by atoms with Gasteiger partial charge in [0.05, 0.1) is 5.56 Å². The fourth-order valence-corrected chi connectivity index (χ4v) is 2.46. The van der Waals surface area contributed by atoms with Crippen LogP contribution >= 0.6 is 11.8 Å². The molecule has 0 aromatic carbocycles. The summed E-state index contributed by atoms with van der Waals surface area (Å²) in [6, 6.07) is 2.12. The highest BCUT2D eigenvalue weighted by Gasteiger charge is 2.31. The van der Waals surface area contributed by atoms with E-state index in [0.717, 1.165) is 36.7 Å². The summed E-state index contributed by atoms with van der Waals surface area (Å²) in [5.41, 5.74) is -0.629. The van der Waals surface area contributed by atoms with Gasteiger partial charge < -0.3 is 4.90 Å². The summed E-state index contributed by atoms with van der Waals surface area (Å²) in [5.74, 6) is 2.31. The first-order valence-corrected chi connectivity index (χ1v) is 6.09. The molecule has 0 aliphatic carbocycles. The quantitative estimate of drug-likeness (QED) is 0.760. The molecule has 0 N–H and O–H groups in total. The number of thioether (sulfide) groups is 1. The number of anilines is 1. The Morgan fingerprint density at radius 1 is 1.25 bits per heavy atom. The summed E-state index contributed by atoms with van der Waals surface area (Å²) in [4.78, 5) is 5.89. The maximum absolute atomic E-state index is 12.5. The van der Waals surface area contributed by atoms with E-state index in [1.807, 2.05) is 16.7 Å². The maximum atomic E-state index is 12.5. The molecule has 0 radical (unpaired) electrons. The average Bonchev–Trinajstić information content (AvgIpc) is 2.29. The van der Waals surface area contributed by atoms with Gasteiger partial charge in [0.2, 0.25) is 0 Å². The van der Waals surface area contributed by atoms with Gasteiger partial charge in [-0.1, -0.05) is 0 Å². The van der Waals surface area contributed by atoms with Crippen molar-refractivity contribution >= 4 is 17.6 Å². The van der Waals surface area contributed by atoms with E-state index < -0.39 is 11.7 Å². The fourth-order valence-electron chi connectivity index (χ4n) is 1.56. The third-order valence-corrected chi connectivity index (χ3v) is 3.35. The molecule has 0 atom stereocenters. The van der Waals surface area contributed by atoms with Crippen molar-refractivity contribution in [2.24, 2.45) is 0 Å². The zero-order valence-corrected chi connectivity index (χ0v) is 9.31. The molecule has 16 heavy (non-hydrogen) atoms. The van der Waals surface area contributed by atoms with E-state index in [1.165, 1.54) is 6.20 Å². The number of rotatable bonds is 1. The Kier molecular flexibility index (Phi) is 3.28. The fraction of sp³-hybridized carbons (Fsp3) is 0.500. The third kappa shape index (κ3) is 2.61. The van der Waals surface area contributed by atoms with Crippen LogP contribution in [0.4, 0.5) is 19.0 Å². The normalized spacial score (nSPS) is 17.6. The number of halogens is 3. The van der Waals surface area contributed by atoms with Crippen molar-refractivity contribution < 1.29 is 13.2 Å². The Morgan fingerprint density at radius 2 is 1.94 bits per heavy atom. The minimum absolute atomic E-state index is 0.426. The van der Waals surface area contributed by atoms with E-state index >= 15 is 0 Å². The Morgan fingerprint density at radius 3 is 2.56 bits per heavy atom. The van der Waals surface area contributed by atoms with Crippen LogP contribution in [0.1, 0.15) is 5.56 Å². The number of aromatic nitrogens is 1. The largest absolute Gasteiger partial charge is 0.416 e. The Labute approximate surface area is 95.8 Å². The summed E-state index contributed by atoms with van der Waals surface area (Å²) in [5, 5.41) is 0. The summed E-state index contributed by atoms with van der Waals surface area (Å²) in [6.45, 7) is 1.53. The number of alkyl halides is 3. The van der Waals surface area contributed by atoms with Crippen LogP contribution in [0.15, 0.2) is 18.3 Å². The molecule has 2 heterocycles. The lowest BCUT2D eigenvalue weighted by atomic mass is 10.2. The second-order valence-electron chi connectivity index (χ2n) is 3.50. The third-order valence-electron chi connectivity index (χ3n) is 2.41. The van der Waals surface area contributed by atoms with E-state index in [9.17, 15) is 13.2 Å². The molecule has 1 aliphatic heterocycles. The second-order valence-corrected chi connectivity index (χ2v) is 4.72. The highest BCUT2D eigenvalue weighted by Crippen LogP contribution is 2.31. The molecule has 88 valence electrons. The van der Waals surface area contributed by atoms with Crippen LogP contribution in [0.25, 0.3) is 0 Å². The van der Waals surface area contributed by atoms with E-state index in [0.29, 0.717) is 5.82 Å². The molecule has 0 bridgehead atoms. The topological polar surface area (TPSA) is 16.1 Å². The molecule has 6 heteroatoms. The van der Waals surface area contributed by atoms with Gasteiger partial charge in [-0.25, -0.2) is 4.98 Å². The van der Waals surface area contributed by atoms with Crippen LogP contribution in [0, 0.1) is 0 Å². The Bertz CT molecular complexity index is 361. The van der Waals surface area contributed by atoms with Crippen molar-refractivity contribution in [1.29, 1.82) is 0 Å². The number of nitrogens with zero attached hydrogens (tertiary/aromatic N) is 2. The monoisotopic (exact) mass is 248 g/mol. The number of hydrogen-bond acceptors (Lipinski definition) is 3. The lowest BCUT2D eigenvalue weighted by Gasteiger charge is -2.27. The molecule has 2 rings (SSSR count). The smallest absolute Gasteiger partial charge is 0.355 e. The maximum Gasteiger partial charge on any atom is 0.416 e. The second kappa shape index (κ2) is 4.53. The molecule has 1 saturated heterocycles. The summed E-state index contributed by atoms with van der Waals surface area (Å²) in [7, 11) is 0. The molecule has 0 amide bonds. The minimum atomic E-state index is -4.29. The molecule has 0 saturated carbocycles. The van der Waals surface area contributed by atoms with Crippen molar-refractivity contribution in [2.45, 2.75) is 6.18 Å². The SMILES string of the molecule is FC(F)(F)c1ccnc(N2CCSCC2)c1. The van der Waals surface area contributed by atoms with Gasteiger partial charge in [-0.05, 0) is 12.1 Å². The molecule has 0 spiro atoms. The first-order chi connectivity index (χ1) is 7.57. The lowest BCUT2D eigenvalue weighted by Crippen LogP contribution is -2.33. The van der Waals surface area contributed by atoms with Gasteiger partial charge in [-0.15, -0.1) is 0 Å². The van der Waals surface area contributed by atoms with Gasteiger partial charge in [0.1, 0.15) is 5.82 Å². The highest BCUT2D eigenvalue weighted by molar-refractivity contribution is 7.99. The predicted octanol–water partition coefficient (Wildman–Crippen LogP) is 2.65. The standard InChI is InChI=1S/C10H11F3N2S/c11-10(12,13)8-1-2-14-9(7-8)15-3-5-16-6-4-15/h1-2,7H,3-6H2. The van der Waals surface area contributed by atoms with Crippen molar-refractivity contribution in [1.82, 2.24) is 4.98 Å². The van der Waals surface area contributed by atoms with E-state index in [4.69, 9.17) is 0 Å². The van der Waals surface area contributed by atoms with Crippen LogP contribution in [0.5, 0.6) is 0 Å². The van der Waals surface area contributed by atoms with Gasteiger partial charge in [0, 0.05) is 30.8 Å². The highest BCUT2D eigenvalue weighted by atomic mass is 32.2. The van der Waals surface area contributed by atoms with Crippen LogP contribution in [0.3, 0.4) is 0 Å². The van der Waals surface area contributed by atoms with Gasteiger partial charge in [0.25, 0.3) is 0 Å². The molecule has 0 unspecified atom stereocenters. The van der Waals surface area contributed by atoms with Crippen molar-refractivity contribution in [3.05, 3.63) is 23.9 Å². The number of hydrogen-bond donors (Lipinski definition) is 0. The predicted molar refractivity (Wildman–Crippen MR) is 58.8 cm³/mol. The molecular weight excluding hydrogens is 237 g/mol. The van der Waals surface area contributed by atoms with Crippen LogP contribution < -0.4 is 4.90 Å². The molecule has 1 aromatic heterocycles. The van der Waals surface area contributed by atoms with Crippen LogP contribution in [-0.4, -0.2) is 29.6 Å². The minimum Gasteiger partial charge on any atom is -0.355 e. The zero-order valence-electron chi connectivity index (χ0n) is 8.50. The van der Waals surface area contributed by atoms with E-state index in [-0.39, 0.29) is 0 Å². The van der Waals surface area contributed by atoms with Crippen molar-refractivity contribution in [3.8, 4) is 0 Å². The van der Waals surface area contributed by atoms with Crippen LogP contribution in [-0.2, 0) is 6.18 Å². The van der Waals surface area contributed by atoms with Gasteiger partial charge >= 0.3 is 6.18 Å². The first-order valence-electron chi connectivity index (χ1n) is 4.93. The molecule has 1 aromatic rings. The van der Waals surface area contributed by atoms with E-state index in [2.05, 4.69) is 4.98 Å². The Hall–Kier alpha value is -0.910. The van der Waals surface area contributed by atoms with Gasteiger partial charge in [0.15, 0.2) is 0 Å². The molecule has 1 fully saturated rings. The summed E-state index contributed by atoms with van der Waals surface area (Å²) >= 11 is 1.81. The summed E-state index contributed by atoms with van der Waals surface area (Å²) in [6.07, 6.45) is -3.07. The zero-order chi connectivity index (χ0) is 11.6. The molecular formula is C10H11F3N2S. The Balaban J connectivity index is 2.21. The average molecular weight is 248 g/mol. The van der Waals surface area contributed by atoms with Gasteiger partial charge in [-0.2, -0.15) is 24.9 Å². The lowest BCUT2D eigenvalue weighted by molar-refractivity contribution is -0.137. The number of pyridine rings is 1. The summed E-state index contributed by atoms with van der Waals surface area (Å²) < 4.78 is 37.5. The molecule has 2 nitrogen and oxygen atoms in total. The van der Waals surface area contributed by atoms with Gasteiger partial charge in [-0.3, -0.25) is 0 Å².